The smallest absolute Gasteiger partial charge is 0.314 e. The zero-order valence-electron chi connectivity index (χ0n) is 11.1. The highest BCUT2D eigenvalue weighted by Gasteiger charge is 2.38. The van der Waals surface area contributed by atoms with Crippen molar-refractivity contribution in [2.45, 2.75) is 19.6 Å². The van der Waals surface area contributed by atoms with Gasteiger partial charge in [-0.2, -0.15) is 0 Å². The van der Waals surface area contributed by atoms with Gasteiger partial charge in [0, 0.05) is 6.07 Å². The molecule has 0 bridgehead atoms. The van der Waals surface area contributed by atoms with Crippen LogP contribution in [0.2, 0.25) is 0 Å². The topological polar surface area (TPSA) is 105 Å². The van der Waals surface area contributed by atoms with Gasteiger partial charge in [-0.25, -0.2) is 4.39 Å². The number of benzene rings is 1. The minimum absolute atomic E-state index is 0.0497. The molecule has 0 amide bonds. The van der Waals surface area contributed by atoms with Gasteiger partial charge in [0.05, 0.1) is 23.7 Å². The Morgan fingerprint density at radius 2 is 1.95 bits per heavy atom. The summed E-state index contributed by atoms with van der Waals surface area (Å²) in [4.78, 5) is 10.2. The van der Waals surface area contributed by atoms with E-state index in [2.05, 4.69) is 0 Å². The van der Waals surface area contributed by atoms with E-state index in [0.717, 1.165) is 18.2 Å². The lowest BCUT2D eigenvalue weighted by Gasteiger charge is -2.23. The second-order valence-corrected chi connectivity index (χ2v) is 5.93. The third-order valence-electron chi connectivity index (χ3n) is 2.46. The van der Waals surface area contributed by atoms with E-state index in [9.17, 15) is 19.1 Å². The van der Waals surface area contributed by atoms with Gasteiger partial charge in [0.1, 0.15) is 11.6 Å². The summed E-state index contributed by atoms with van der Waals surface area (Å²) in [5, 5.41) is 10.9. The molecule has 2 N–H and O–H groups in total. The molecule has 0 fully saturated rings. The van der Waals surface area contributed by atoms with Crippen LogP contribution in [0.5, 0.6) is 0 Å². The van der Waals surface area contributed by atoms with Gasteiger partial charge in [0.15, 0.2) is 0 Å². The van der Waals surface area contributed by atoms with Crippen LogP contribution in [0.1, 0.15) is 25.2 Å². The zero-order chi connectivity index (χ0) is 15.3. The van der Waals surface area contributed by atoms with Crippen LogP contribution in [0.25, 0.3) is 0 Å². The van der Waals surface area contributed by atoms with Crippen molar-refractivity contribution in [3.8, 4) is 0 Å². The van der Waals surface area contributed by atoms with Gasteiger partial charge >= 0.3 is 7.60 Å². The maximum Gasteiger partial charge on any atom is 0.351 e. The van der Waals surface area contributed by atoms with E-state index < -0.39 is 29.8 Å². The molecule has 0 heterocycles. The fraction of sp³-hybridized carbons (Fsp3) is 0.455. The Bertz CT molecular complexity index is 530. The fourth-order valence-electron chi connectivity index (χ4n) is 1.66. The van der Waals surface area contributed by atoms with Gasteiger partial charge in [0.25, 0.3) is 5.69 Å². The van der Waals surface area contributed by atoms with Crippen LogP contribution in [-0.4, -0.2) is 18.1 Å². The van der Waals surface area contributed by atoms with Gasteiger partial charge in [-0.1, -0.05) is 0 Å². The maximum atomic E-state index is 13.3. The van der Waals surface area contributed by atoms with E-state index in [-0.39, 0.29) is 18.8 Å². The number of nitrogens with two attached hydrogens (primary N) is 1. The van der Waals surface area contributed by atoms with Crippen LogP contribution in [0.3, 0.4) is 0 Å². The van der Waals surface area contributed by atoms with E-state index in [0.29, 0.717) is 0 Å². The van der Waals surface area contributed by atoms with Crippen LogP contribution in [0.4, 0.5) is 10.1 Å². The molecule has 0 aliphatic rings. The van der Waals surface area contributed by atoms with E-state index in [1.165, 1.54) is 0 Å². The van der Waals surface area contributed by atoms with Gasteiger partial charge in [-0.05, 0) is 26.0 Å². The summed E-state index contributed by atoms with van der Waals surface area (Å²) in [7, 11) is -3.81. The molecule has 20 heavy (non-hydrogen) atoms. The number of hydrogen-bond donors (Lipinski definition) is 1. The molecular weight excluding hydrogens is 290 g/mol. The van der Waals surface area contributed by atoms with Crippen molar-refractivity contribution >= 4 is 13.3 Å². The number of halogens is 1. The first kappa shape index (κ1) is 16.7. The molecule has 0 aliphatic heterocycles. The predicted octanol–water partition coefficient (Wildman–Crippen LogP) is 2.96. The third kappa shape index (κ3) is 3.61. The Kier molecular flexibility index (Phi) is 5.76. The molecule has 9 heteroatoms. The standard InChI is InChI=1S/C11H16FN2O5P/c1-3-18-20(17,19-4-2)11(13)9-7-8(12)5-6-10(9)14(15)16/h5-7,11H,3-4,13H2,1-2H3/t11-/m1/s1. The Morgan fingerprint density at radius 1 is 1.40 bits per heavy atom. The van der Waals surface area contributed by atoms with Gasteiger partial charge in [0.2, 0.25) is 0 Å². The average molecular weight is 306 g/mol. The lowest BCUT2D eigenvalue weighted by atomic mass is 10.2. The molecule has 1 rings (SSSR count). The van der Waals surface area contributed by atoms with E-state index in [1.807, 2.05) is 0 Å². The second kappa shape index (κ2) is 6.90. The lowest BCUT2D eigenvalue weighted by molar-refractivity contribution is -0.385. The Hall–Kier alpha value is -1.34. The normalized spacial score (nSPS) is 13.2. The predicted molar refractivity (Wildman–Crippen MR) is 70.8 cm³/mol. The molecule has 0 aliphatic carbocycles. The monoisotopic (exact) mass is 306 g/mol. The Balaban J connectivity index is 3.30. The first-order valence-corrected chi connectivity index (χ1v) is 7.55. The number of nitro benzene ring substituents is 1. The minimum Gasteiger partial charge on any atom is -0.314 e. The van der Waals surface area contributed by atoms with Crippen LogP contribution < -0.4 is 5.73 Å². The Morgan fingerprint density at radius 3 is 2.40 bits per heavy atom. The summed E-state index contributed by atoms with van der Waals surface area (Å²) in [5.74, 6) is -2.15. The molecule has 1 atom stereocenters. The maximum absolute atomic E-state index is 13.3. The first-order chi connectivity index (χ1) is 9.35. The molecule has 0 saturated carbocycles. The highest BCUT2D eigenvalue weighted by Crippen LogP contribution is 2.59. The summed E-state index contributed by atoms with van der Waals surface area (Å²) in [5.41, 5.74) is 5.11. The van der Waals surface area contributed by atoms with Crippen molar-refractivity contribution in [2.75, 3.05) is 13.2 Å². The van der Waals surface area contributed by atoms with Crippen LogP contribution >= 0.6 is 7.60 Å². The Labute approximate surface area is 115 Å². The summed E-state index contributed by atoms with van der Waals surface area (Å²) >= 11 is 0. The summed E-state index contributed by atoms with van der Waals surface area (Å²) in [6, 6.07) is 2.76. The molecule has 112 valence electrons. The molecule has 1 aromatic rings. The average Bonchev–Trinajstić information content (AvgIpc) is 2.37. The number of hydrogen-bond acceptors (Lipinski definition) is 6. The van der Waals surface area contributed by atoms with Crippen molar-refractivity contribution in [2.24, 2.45) is 5.73 Å². The molecule has 1 aromatic carbocycles. The van der Waals surface area contributed by atoms with Crippen molar-refractivity contribution in [3.63, 3.8) is 0 Å². The molecular formula is C11H16FN2O5P. The first-order valence-electron chi connectivity index (χ1n) is 5.94. The molecule has 0 radical (unpaired) electrons. The summed E-state index contributed by atoms with van der Waals surface area (Å²) in [6.07, 6.45) is 0. The van der Waals surface area contributed by atoms with E-state index in [1.54, 1.807) is 13.8 Å². The van der Waals surface area contributed by atoms with Crippen molar-refractivity contribution in [1.82, 2.24) is 0 Å². The van der Waals surface area contributed by atoms with Gasteiger partial charge < -0.3 is 14.8 Å². The lowest BCUT2D eigenvalue weighted by Crippen LogP contribution is -2.16. The summed E-state index contributed by atoms with van der Waals surface area (Å²) < 4.78 is 35.8. The SMILES string of the molecule is CCOP(=O)(OCC)[C@@H](N)c1cc(F)ccc1[N+](=O)[O-]. The summed E-state index contributed by atoms with van der Waals surface area (Å²) in [6.45, 7) is 3.26. The highest BCUT2D eigenvalue weighted by atomic mass is 31.2. The fourth-order valence-corrected chi connectivity index (χ4v) is 3.32. The van der Waals surface area contributed by atoms with Gasteiger partial charge in [-0.15, -0.1) is 0 Å². The second-order valence-electron chi connectivity index (χ2n) is 3.78. The van der Waals surface area contributed by atoms with Crippen molar-refractivity contribution < 1.29 is 22.9 Å². The number of nitrogens with zero attached hydrogens (tertiary/aromatic N) is 1. The van der Waals surface area contributed by atoms with Crippen molar-refractivity contribution in [1.29, 1.82) is 0 Å². The molecule has 0 spiro atoms. The van der Waals surface area contributed by atoms with E-state index in [4.69, 9.17) is 14.8 Å². The molecule has 7 nitrogen and oxygen atoms in total. The molecule has 0 aromatic heterocycles. The quantitative estimate of drug-likeness (QED) is 0.471. The van der Waals surface area contributed by atoms with Crippen LogP contribution in [0.15, 0.2) is 18.2 Å². The highest BCUT2D eigenvalue weighted by molar-refractivity contribution is 7.54. The minimum atomic E-state index is -3.81. The number of nitro groups is 1. The number of rotatable bonds is 7. The molecule has 0 unspecified atom stereocenters. The van der Waals surface area contributed by atoms with Crippen LogP contribution in [-0.2, 0) is 13.6 Å². The largest absolute Gasteiger partial charge is 0.351 e. The van der Waals surface area contributed by atoms with Crippen LogP contribution in [0, 0.1) is 15.9 Å². The van der Waals surface area contributed by atoms with E-state index >= 15 is 0 Å². The van der Waals surface area contributed by atoms with Gasteiger partial charge in [-0.3, -0.25) is 14.7 Å². The molecule has 0 saturated heterocycles. The zero-order valence-corrected chi connectivity index (χ0v) is 12.0. The van der Waals surface area contributed by atoms with Crippen molar-refractivity contribution in [3.05, 3.63) is 39.7 Å². The third-order valence-corrected chi connectivity index (χ3v) is 4.66.